The molecule has 0 saturated carbocycles. The molecule has 2 aromatic rings. The van der Waals surface area contributed by atoms with E-state index in [1.165, 1.54) is 16.7 Å². The molecular formula is C19H25N3. The third kappa shape index (κ3) is 4.62. The van der Waals surface area contributed by atoms with Crippen LogP contribution >= 0.6 is 0 Å². The fraction of sp³-hybridized carbons (Fsp3) is 0.316. The van der Waals surface area contributed by atoms with Crippen molar-refractivity contribution in [2.75, 3.05) is 13.6 Å². The van der Waals surface area contributed by atoms with Crippen molar-refractivity contribution in [3.05, 3.63) is 71.3 Å². The van der Waals surface area contributed by atoms with Crippen molar-refractivity contribution in [1.82, 2.24) is 10.6 Å². The topological polar surface area (TPSA) is 36.4 Å². The van der Waals surface area contributed by atoms with Gasteiger partial charge in [0, 0.05) is 20.1 Å². The van der Waals surface area contributed by atoms with E-state index in [2.05, 4.69) is 78.0 Å². The summed E-state index contributed by atoms with van der Waals surface area (Å²) in [6.45, 7) is 5.99. The highest BCUT2D eigenvalue weighted by molar-refractivity contribution is 5.79. The molecule has 0 bridgehead atoms. The number of rotatable bonds is 5. The zero-order valence-electron chi connectivity index (χ0n) is 13.6. The monoisotopic (exact) mass is 295 g/mol. The molecule has 0 fully saturated rings. The van der Waals surface area contributed by atoms with Crippen LogP contribution in [0, 0.1) is 6.92 Å². The van der Waals surface area contributed by atoms with Crippen LogP contribution in [-0.4, -0.2) is 19.6 Å². The normalized spacial score (nSPS) is 12.8. The fourth-order valence-electron chi connectivity index (χ4n) is 2.36. The van der Waals surface area contributed by atoms with Crippen LogP contribution in [-0.2, 0) is 6.54 Å². The predicted molar refractivity (Wildman–Crippen MR) is 94.2 cm³/mol. The highest BCUT2D eigenvalue weighted by atomic mass is 15.2. The van der Waals surface area contributed by atoms with Gasteiger partial charge in [0.25, 0.3) is 0 Å². The first-order chi connectivity index (χ1) is 10.7. The van der Waals surface area contributed by atoms with Gasteiger partial charge in [-0.15, -0.1) is 0 Å². The molecule has 0 aliphatic heterocycles. The average molecular weight is 295 g/mol. The van der Waals surface area contributed by atoms with E-state index in [-0.39, 0.29) is 0 Å². The van der Waals surface area contributed by atoms with Crippen molar-refractivity contribution in [3.63, 3.8) is 0 Å². The van der Waals surface area contributed by atoms with Gasteiger partial charge in [0.1, 0.15) is 0 Å². The smallest absolute Gasteiger partial charge is 0.191 e. The van der Waals surface area contributed by atoms with E-state index in [0.717, 1.165) is 19.0 Å². The summed E-state index contributed by atoms with van der Waals surface area (Å²) in [6.07, 6.45) is 0. The lowest BCUT2D eigenvalue weighted by Gasteiger charge is -2.17. The van der Waals surface area contributed by atoms with E-state index in [1.807, 2.05) is 6.07 Å². The van der Waals surface area contributed by atoms with Crippen LogP contribution in [0.2, 0.25) is 0 Å². The van der Waals surface area contributed by atoms with Gasteiger partial charge in [0.15, 0.2) is 5.96 Å². The maximum Gasteiger partial charge on any atom is 0.191 e. The molecule has 2 rings (SSSR count). The zero-order valence-corrected chi connectivity index (χ0v) is 13.6. The lowest BCUT2D eigenvalue weighted by atomic mass is 10.0. The first kappa shape index (κ1) is 16.1. The van der Waals surface area contributed by atoms with Gasteiger partial charge in [0.05, 0.1) is 0 Å². The number of guanidine groups is 1. The molecule has 0 aromatic heterocycles. The summed E-state index contributed by atoms with van der Waals surface area (Å²) in [4.78, 5) is 4.29. The highest BCUT2D eigenvalue weighted by Gasteiger charge is 2.06. The number of benzene rings is 2. The summed E-state index contributed by atoms with van der Waals surface area (Å²) in [5.41, 5.74) is 3.93. The number of nitrogens with one attached hydrogen (secondary N) is 2. The van der Waals surface area contributed by atoms with E-state index < -0.39 is 0 Å². The lowest BCUT2D eigenvalue weighted by Crippen LogP contribution is -2.38. The van der Waals surface area contributed by atoms with Crippen molar-refractivity contribution in [3.8, 4) is 0 Å². The minimum atomic E-state index is 0.443. The highest BCUT2D eigenvalue weighted by Crippen LogP contribution is 2.12. The van der Waals surface area contributed by atoms with Crippen LogP contribution in [0.3, 0.4) is 0 Å². The molecule has 1 atom stereocenters. The van der Waals surface area contributed by atoms with Gasteiger partial charge in [0.2, 0.25) is 0 Å². The van der Waals surface area contributed by atoms with Crippen molar-refractivity contribution in [2.24, 2.45) is 4.99 Å². The van der Waals surface area contributed by atoms with Crippen molar-refractivity contribution >= 4 is 5.96 Å². The Morgan fingerprint density at radius 1 is 1.00 bits per heavy atom. The van der Waals surface area contributed by atoms with Crippen LogP contribution in [0.5, 0.6) is 0 Å². The Kier molecular flexibility index (Phi) is 6.01. The molecule has 0 spiro atoms. The van der Waals surface area contributed by atoms with E-state index in [0.29, 0.717) is 5.92 Å². The summed E-state index contributed by atoms with van der Waals surface area (Å²) in [6, 6.07) is 18.9. The lowest BCUT2D eigenvalue weighted by molar-refractivity contribution is 0.698. The van der Waals surface area contributed by atoms with Gasteiger partial charge < -0.3 is 10.6 Å². The second-order valence-electron chi connectivity index (χ2n) is 5.54. The largest absolute Gasteiger partial charge is 0.356 e. The van der Waals surface area contributed by atoms with E-state index >= 15 is 0 Å². The molecule has 116 valence electrons. The van der Waals surface area contributed by atoms with Gasteiger partial charge in [-0.2, -0.15) is 0 Å². The molecule has 3 nitrogen and oxygen atoms in total. The number of hydrogen-bond acceptors (Lipinski definition) is 1. The Hall–Kier alpha value is -2.29. The molecule has 0 saturated heterocycles. The second-order valence-corrected chi connectivity index (χ2v) is 5.54. The molecular weight excluding hydrogens is 270 g/mol. The number of aryl methyl sites for hydroxylation is 1. The van der Waals surface area contributed by atoms with Gasteiger partial charge in [-0.1, -0.05) is 61.5 Å². The number of hydrogen-bond donors (Lipinski definition) is 2. The SMILES string of the molecule is CN=C(NCc1ccccc1C)NCC(C)c1ccccc1. The molecule has 2 N–H and O–H groups in total. The number of aliphatic imine (C=N–C) groups is 1. The average Bonchev–Trinajstić information content (AvgIpc) is 2.57. The molecule has 0 amide bonds. The summed E-state index contributed by atoms with van der Waals surface area (Å²) >= 11 is 0. The second kappa shape index (κ2) is 8.23. The minimum absolute atomic E-state index is 0.443. The molecule has 1 unspecified atom stereocenters. The van der Waals surface area contributed by atoms with Gasteiger partial charge in [-0.25, -0.2) is 0 Å². The molecule has 0 radical (unpaired) electrons. The number of nitrogens with zero attached hydrogens (tertiary/aromatic N) is 1. The van der Waals surface area contributed by atoms with Gasteiger partial charge >= 0.3 is 0 Å². The van der Waals surface area contributed by atoms with Crippen molar-refractivity contribution in [1.29, 1.82) is 0 Å². The fourth-order valence-corrected chi connectivity index (χ4v) is 2.36. The third-order valence-electron chi connectivity index (χ3n) is 3.88. The maximum atomic E-state index is 4.29. The first-order valence-corrected chi connectivity index (χ1v) is 7.74. The first-order valence-electron chi connectivity index (χ1n) is 7.74. The Bertz CT molecular complexity index is 605. The Morgan fingerprint density at radius 3 is 2.36 bits per heavy atom. The molecule has 0 heterocycles. The summed E-state index contributed by atoms with van der Waals surface area (Å²) in [5.74, 6) is 1.28. The molecule has 3 heteroatoms. The van der Waals surface area contributed by atoms with Gasteiger partial charge in [-0.05, 0) is 29.5 Å². The Morgan fingerprint density at radius 2 is 1.68 bits per heavy atom. The Labute approximate surface area is 133 Å². The molecule has 2 aromatic carbocycles. The standard InChI is InChI=1S/C19H25N3/c1-15-9-7-8-12-18(15)14-22-19(20-3)21-13-16(2)17-10-5-4-6-11-17/h4-12,16H,13-14H2,1-3H3,(H2,20,21,22). The van der Waals surface area contributed by atoms with Crippen LogP contribution < -0.4 is 10.6 Å². The summed E-state index contributed by atoms with van der Waals surface area (Å²) < 4.78 is 0. The van der Waals surface area contributed by atoms with Crippen LogP contribution in [0.25, 0.3) is 0 Å². The van der Waals surface area contributed by atoms with Crippen LogP contribution in [0.4, 0.5) is 0 Å². The Balaban J connectivity index is 1.84. The summed E-state index contributed by atoms with van der Waals surface area (Å²) in [5, 5.41) is 6.77. The quantitative estimate of drug-likeness (QED) is 0.654. The van der Waals surface area contributed by atoms with Crippen molar-refractivity contribution in [2.45, 2.75) is 26.3 Å². The van der Waals surface area contributed by atoms with Crippen LogP contribution in [0.15, 0.2) is 59.6 Å². The van der Waals surface area contributed by atoms with E-state index in [4.69, 9.17) is 0 Å². The van der Waals surface area contributed by atoms with Crippen molar-refractivity contribution < 1.29 is 0 Å². The zero-order chi connectivity index (χ0) is 15.8. The van der Waals surface area contributed by atoms with E-state index in [9.17, 15) is 0 Å². The predicted octanol–water partition coefficient (Wildman–Crippen LogP) is 3.46. The molecule has 0 aliphatic rings. The van der Waals surface area contributed by atoms with Crippen LogP contribution in [0.1, 0.15) is 29.5 Å². The molecule has 0 aliphatic carbocycles. The third-order valence-corrected chi connectivity index (χ3v) is 3.88. The van der Waals surface area contributed by atoms with E-state index in [1.54, 1.807) is 7.05 Å². The minimum Gasteiger partial charge on any atom is -0.356 e. The molecule has 22 heavy (non-hydrogen) atoms. The summed E-state index contributed by atoms with van der Waals surface area (Å²) in [7, 11) is 1.81. The van der Waals surface area contributed by atoms with Gasteiger partial charge in [-0.3, -0.25) is 4.99 Å². The maximum absolute atomic E-state index is 4.29.